The number of rotatable bonds is 12. The molecule has 37 heavy (non-hydrogen) atoms. The average Bonchev–Trinajstić information content (AvgIpc) is 2.95. The minimum Gasteiger partial charge on any atom is -0.491 e. The molecular weight excluding hydrogens is 478 g/mol. The van der Waals surface area contributed by atoms with Crippen LogP contribution in [0.2, 0.25) is 18.1 Å². The standard InChI is InChI=1S/C33H48F2OSi/c1-3-5-23-37(30-13-7-6-8-14-30)24-21-28(22-25-37)27-17-15-26(16-18-27)11-9-10-12-29-19-20-31(36-4-2)33(35)32(29)34/h6-8,13-14,19-20,26-28H,3-5,9-12,15-18,21-25H2,1-2H3. The van der Waals surface area contributed by atoms with E-state index in [1.165, 1.54) is 75.9 Å². The smallest absolute Gasteiger partial charge is 0.200 e. The molecule has 204 valence electrons. The van der Waals surface area contributed by atoms with E-state index in [2.05, 4.69) is 37.3 Å². The van der Waals surface area contributed by atoms with Gasteiger partial charge in [0.25, 0.3) is 0 Å². The van der Waals surface area contributed by atoms with Crippen LogP contribution in [0.15, 0.2) is 42.5 Å². The summed E-state index contributed by atoms with van der Waals surface area (Å²) in [5, 5.41) is 1.72. The molecule has 0 unspecified atom stereocenters. The highest BCUT2D eigenvalue weighted by Crippen LogP contribution is 2.44. The quantitative estimate of drug-likeness (QED) is 0.198. The summed E-state index contributed by atoms with van der Waals surface area (Å²) in [6.07, 6.45) is 15.1. The van der Waals surface area contributed by atoms with E-state index in [9.17, 15) is 8.78 Å². The second-order valence-electron chi connectivity index (χ2n) is 11.9. The second kappa shape index (κ2) is 13.9. The number of aryl methyl sites for hydroxylation is 1. The third kappa shape index (κ3) is 7.25. The molecule has 0 spiro atoms. The fourth-order valence-corrected chi connectivity index (χ4v) is 12.8. The summed E-state index contributed by atoms with van der Waals surface area (Å²) in [5.74, 6) is 1.16. The van der Waals surface area contributed by atoms with Gasteiger partial charge in [-0.2, -0.15) is 4.39 Å². The summed E-state index contributed by atoms with van der Waals surface area (Å²) >= 11 is 0. The normalized spacial score (nSPS) is 26.2. The molecule has 0 radical (unpaired) electrons. The maximum absolute atomic E-state index is 14.3. The van der Waals surface area contributed by atoms with Gasteiger partial charge in [0.15, 0.2) is 11.6 Å². The van der Waals surface area contributed by atoms with Crippen molar-refractivity contribution in [2.45, 2.75) is 109 Å². The summed E-state index contributed by atoms with van der Waals surface area (Å²) in [6, 6.07) is 19.3. The molecule has 1 nitrogen and oxygen atoms in total. The van der Waals surface area contributed by atoms with Crippen molar-refractivity contribution in [2.24, 2.45) is 17.8 Å². The van der Waals surface area contributed by atoms with Gasteiger partial charge in [-0.05, 0) is 62.0 Å². The number of halogens is 2. The van der Waals surface area contributed by atoms with E-state index in [1.807, 2.05) is 0 Å². The van der Waals surface area contributed by atoms with Crippen molar-refractivity contribution in [3.63, 3.8) is 0 Å². The molecular formula is C33H48F2OSi. The fourth-order valence-electron chi connectivity index (χ4n) is 7.38. The van der Waals surface area contributed by atoms with Gasteiger partial charge in [0.2, 0.25) is 5.82 Å². The lowest BCUT2D eigenvalue weighted by Crippen LogP contribution is -2.50. The van der Waals surface area contributed by atoms with Crippen molar-refractivity contribution >= 4 is 13.3 Å². The largest absolute Gasteiger partial charge is 0.491 e. The monoisotopic (exact) mass is 526 g/mol. The van der Waals surface area contributed by atoms with Crippen molar-refractivity contribution < 1.29 is 13.5 Å². The van der Waals surface area contributed by atoms with Gasteiger partial charge in [0.1, 0.15) is 0 Å². The predicted molar refractivity (Wildman–Crippen MR) is 154 cm³/mol. The van der Waals surface area contributed by atoms with Gasteiger partial charge in [-0.3, -0.25) is 0 Å². The summed E-state index contributed by atoms with van der Waals surface area (Å²) in [6.45, 7) is 4.46. The summed E-state index contributed by atoms with van der Waals surface area (Å²) < 4.78 is 33.6. The van der Waals surface area contributed by atoms with Crippen molar-refractivity contribution in [3.05, 3.63) is 59.7 Å². The van der Waals surface area contributed by atoms with E-state index in [-0.39, 0.29) is 5.75 Å². The first-order valence-electron chi connectivity index (χ1n) is 15.2. The van der Waals surface area contributed by atoms with Crippen molar-refractivity contribution in [2.75, 3.05) is 6.61 Å². The van der Waals surface area contributed by atoms with Gasteiger partial charge in [0, 0.05) is 0 Å². The Morgan fingerprint density at radius 2 is 1.49 bits per heavy atom. The molecule has 0 atom stereocenters. The molecule has 0 aromatic heterocycles. The molecule has 1 heterocycles. The Kier molecular flexibility index (Phi) is 10.7. The van der Waals surface area contributed by atoms with Crippen LogP contribution in [0, 0.1) is 29.4 Å². The third-order valence-electron chi connectivity index (χ3n) is 9.68. The molecule has 2 aromatic carbocycles. The molecule has 4 heteroatoms. The van der Waals surface area contributed by atoms with Crippen LogP contribution in [-0.2, 0) is 6.42 Å². The number of benzene rings is 2. The zero-order valence-electron chi connectivity index (χ0n) is 23.3. The molecule has 1 saturated heterocycles. The SMILES string of the molecule is CCCC[Si]1(c2ccccc2)CCC(C2CCC(CCCCc3ccc(OCC)c(F)c3F)CC2)CC1. The first kappa shape index (κ1) is 28.3. The maximum Gasteiger partial charge on any atom is 0.200 e. The van der Waals surface area contributed by atoms with Crippen molar-refractivity contribution in [3.8, 4) is 5.75 Å². The van der Waals surface area contributed by atoms with Gasteiger partial charge in [-0.1, -0.05) is 118 Å². The Morgan fingerprint density at radius 3 is 2.16 bits per heavy atom. The minimum absolute atomic E-state index is 0.0209. The van der Waals surface area contributed by atoms with Crippen LogP contribution in [0.25, 0.3) is 0 Å². The molecule has 2 aromatic rings. The van der Waals surface area contributed by atoms with Crippen LogP contribution in [0.3, 0.4) is 0 Å². The molecule has 1 saturated carbocycles. The van der Waals surface area contributed by atoms with Crippen molar-refractivity contribution in [1.29, 1.82) is 0 Å². The number of ether oxygens (including phenoxy) is 1. The zero-order chi connectivity index (χ0) is 26.1. The molecule has 1 aliphatic carbocycles. The first-order chi connectivity index (χ1) is 18.1. The zero-order valence-corrected chi connectivity index (χ0v) is 24.3. The van der Waals surface area contributed by atoms with Crippen molar-refractivity contribution in [1.82, 2.24) is 0 Å². The van der Waals surface area contributed by atoms with E-state index in [0.29, 0.717) is 18.6 Å². The van der Waals surface area contributed by atoms with Crippen LogP contribution in [-0.4, -0.2) is 14.7 Å². The maximum atomic E-state index is 14.3. The number of hydrogen-bond donors (Lipinski definition) is 0. The predicted octanol–water partition coefficient (Wildman–Crippen LogP) is 9.45. The second-order valence-corrected chi connectivity index (χ2v) is 16.5. The molecule has 0 bridgehead atoms. The Labute approximate surface area is 225 Å². The Bertz CT molecular complexity index is 946. The third-order valence-corrected chi connectivity index (χ3v) is 15.0. The number of hydrogen-bond acceptors (Lipinski definition) is 1. The summed E-state index contributed by atoms with van der Waals surface area (Å²) in [7, 11) is -1.32. The first-order valence-corrected chi connectivity index (χ1v) is 17.8. The van der Waals surface area contributed by atoms with E-state index in [1.54, 1.807) is 24.2 Å². The van der Waals surface area contributed by atoms with Crippen LogP contribution in [0.4, 0.5) is 8.78 Å². The Hall–Kier alpha value is -1.68. The Balaban J connectivity index is 1.18. The number of unbranched alkanes of at least 4 members (excludes halogenated alkanes) is 2. The van der Waals surface area contributed by atoms with Crippen LogP contribution < -0.4 is 9.92 Å². The molecule has 0 amide bonds. The topological polar surface area (TPSA) is 9.23 Å². The van der Waals surface area contributed by atoms with E-state index < -0.39 is 19.7 Å². The molecule has 2 aliphatic rings. The van der Waals surface area contributed by atoms with Crippen LogP contribution >= 0.6 is 0 Å². The average molecular weight is 527 g/mol. The lowest BCUT2D eigenvalue weighted by Gasteiger charge is -2.43. The van der Waals surface area contributed by atoms with Gasteiger partial charge < -0.3 is 4.74 Å². The van der Waals surface area contributed by atoms with Crippen LogP contribution in [0.1, 0.15) is 90.0 Å². The highest BCUT2D eigenvalue weighted by molar-refractivity contribution is 6.92. The lowest BCUT2D eigenvalue weighted by atomic mass is 9.73. The van der Waals surface area contributed by atoms with Gasteiger partial charge in [0.05, 0.1) is 14.7 Å². The lowest BCUT2D eigenvalue weighted by molar-refractivity contribution is 0.184. The summed E-state index contributed by atoms with van der Waals surface area (Å²) in [4.78, 5) is 0. The van der Waals surface area contributed by atoms with Gasteiger partial charge >= 0.3 is 0 Å². The molecule has 2 fully saturated rings. The molecule has 0 N–H and O–H groups in total. The highest BCUT2D eigenvalue weighted by atomic mass is 28.3. The van der Waals surface area contributed by atoms with E-state index in [4.69, 9.17) is 4.74 Å². The van der Waals surface area contributed by atoms with Crippen LogP contribution in [0.5, 0.6) is 5.75 Å². The van der Waals surface area contributed by atoms with E-state index >= 15 is 0 Å². The Morgan fingerprint density at radius 1 is 0.784 bits per heavy atom. The van der Waals surface area contributed by atoms with E-state index in [0.717, 1.165) is 30.6 Å². The van der Waals surface area contributed by atoms with Gasteiger partial charge in [-0.25, -0.2) is 4.39 Å². The highest BCUT2D eigenvalue weighted by Gasteiger charge is 2.40. The molecule has 1 aliphatic heterocycles. The fraction of sp³-hybridized carbons (Fsp3) is 0.636. The minimum atomic E-state index is -1.32. The summed E-state index contributed by atoms with van der Waals surface area (Å²) in [5.41, 5.74) is 0.482. The molecule has 4 rings (SSSR count). The van der Waals surface area contributed by atoms with Gasteiger partial charge in [-0.15, -0.1) is 0 Å².